The summed E-state index contributed by atoms with van der Waals surface area (Å²) in [4.78, 5) is 0. The summed E-state index contributed by atoms with van der Waals surface area (Å²) in [5, 5.41) is 0. The van der Waals surface area contributed by atoms with E-state index < -0.39 is 17.4 Å². The SMILES string of the molecule is [F][Zn-]([F])[F].[PH4+]. The summed E-state index contributed by atoms with van der Waals surface area (Å²) < 4.78 is 29.6. The monoisotopic (exact) mass is 156 g/mol. The molecule has 0 aliphatic rings. The van der Waals surface area contributed by atoms with E-state index in [4.69, 9.17) is 0 Å². The van der Waals surface area contributed by atoms with Crippen LogP contribution in [0.4, 0.5) is 9.95 Å². The van der Waals surface area contributed by atoms with Gasteiger partial charge in [-0.2, -0.15) is 0 Å². The van der Waals surface area contributed by atoms with Crippen LogP contribution < -0.4 is 0 Å². The van der Waals surface area contributed by atoms with E-state index in [-0.39, 0.29) is 9.90 Å². The quantitative estimate of drug-likeness (QED) is 0.364. The zero-order valence-corrected chi connectivity index (χ0v) is 7.81. The Kier molecular flexibility index (Phi) is 8.99. The summed E-state index contributed by atoms with van der Waals surface area (Å²) in [6.07, 6.45) is 0. The molecule has 5 heteroatoms. The minimum absolute atomic E-state index is 0. The van der Waals surface area contributed by atoms with Gasteiger partial charge in [-0.1, -0.05) is 0 Å². The first-order valence-electron chi connectivity index (χ1n) is 0.802. The van der Waals surface area contributed by atoms with Gasteiger partial charge in [-0.15, -0.1) is 0 Å². The van der Waals surface area contributed by atoms with Crippen LogP contribution in [0.2, 0.25) is 0 Å². The number of halogens is 3. The van der Waals surface area contributed by atoms with E-state index in [0.29, 0.717) is 0 Å². The van der Waals surface area contributed by atoms with Crippen molar-refractivity contribution in [2.75, 3.05) is 0 Å². The molecule has 0 saturated carbocycles. The van der Waals surface area contributed by atoms with Gasteiger partial charge in [0.25, 0.3) is 0 Å². The molecule has 0 spiro atoms. The van der Waals surface area contributed by atoms with Gasteiger partial charge >= 0.3 is 27.4 Å². The van der Waals surface area contributed by atoms with Crippen molar-refractivity contribution >= 4 is 9.90 Å². The molecule has 32 valence electrons. The summed E-state index contributed by atoms with van der Waals surface area (Å²) in [7, 11) is 0. The van der Waals surface area contributed by atoms with Crippen LogP contribution in [0.15, 0.2) is 0 Å². The van der Waals surface area contributed by atoms with Crippen LogP contribution in [0.25, 0.3) is 0 Å². The molecule has 1 unspecified atom stereocenters. The Morgan fingerprint density at radius 3 is 1.00 bits per heavy atom. The maximum Gasteiger partial charge on any atom is -0.0395 e. The van der Waals surface area contributed by atoms with Crippen molar-refractivity contribution in [2.24, 2.45) is 0 Å². The zero-order chi connectivity index (χ0) is 3.58. The zero-order valence-electron chi connectivity index (χ0n) is 2.84. The molecule has 0 rings (SSSR count). The van der Waals surface area contributed by atoms with Crippen molar-refractivity contribution in [3.05, 3.63) is 0 Å². The van der Waals surface area contributed by atoms with Crippen LogP contribution in [0.1, 0.15) is 0 Å². The van der Waals surface area contributed by atoms with Crippen LogP contribution in [0.3, 0.4) is 0 Å². The standard InChI is InChI=1S/3FH.H3P.Zn/h3*1H;1H3;/q;;;;+2/p-2. The Hall–Kier alpha value is 0.843. The van der Waals surface area contributed by atoms with E-state index in [2.05, 4.69) is 0 Å². The van der Waals surface area contributed by atoms with Crippen LogP contribution in [-0.2, 0) is 17.4 Å². The molecule has 0 aromatic rings. The first-order chi connectivity index (χ1) is 1.73. The summed E-state index contributed by atoms with van der Waals surface area (Å²) in [5.74, 6) is 0. The fourth-order valence-corrected chi connectivity index (χ4v) is 0. The van der Waals surface area contributed by atoms with Gasteiger partial charge in [-0.3, -0.25) is 0 Å². The van der Waals surface area contributed by atoms with Gasteiger partial charge in [0.05, 0.1) is 0 Å². The average Bonchev–Trinajstić information content (AvgIpc) is 0.811. The molecule has 5 heavy (non-hydrogen) atoms. The number of hydrogen-bond acceptors (Lipinski definition) is 0. The van der Waals surface area contributed by atoms with Gasteiger partial charge in [0.1, 0.15) is 0 Å². The van der Waals surface area contributed by atoms with Gasteiger partial charge < -0.3 is 0 Å². The molecular formula is H4F3PZn. The maximum absolute atomic E-state index is 9.88. The van der Waals surface area contributed by atoms with Gasteiger partial charge in [-0.05, 0) is 9.90 Å². The minimum Gasteiger partial charge on any atom is -0.0395 e. The molecule has 0 heterocycles. The summed E-state index contributed by atoms with van der Waals surface area (Å²) >= 11 is -5.12. The van der Waals surface area contributed by atoms with Crippen molar-refractivity contribution in [2.45, 2.75) is 0 Å². The summed E-state index contributed by atoms with van der Waals surface area (Å²) in [5.41, 5.74) is 0. The van der Waals surface area contributed by atoms with E-state index in [1.807, 2.05) is 0 Å². The summed E-state index contributed by atoms with van der Waals surface area (Å²) in [6, 6.07) is 0. The molecule has 0 amide bonds. The molecule has 0 fully saturated rings. The van der Waals surface area contributed by atoms with Crippen molar-refractivity contribution in [1.82, 2.24) is 0 Å². The van der Waals surface area contributed by atoms with Crippen molar-refractivity contribution in [3.63, 3.8) is 0 Å². The first-order valence-corrected chi connectivity index (χ1v) is 4.17. The number of rotatable bonds is 0. The topological polar surface area (TPSA) is 0 Å². The molecule has 0 bridgehead atoms. The molecule has 0 saturated heterocycles. The summed E-state index contributed by atoms with van der Waals surface area (Å²) in [6.45, 7) is 0. The third-order valence-corrected chi connectivity index (χ3v) is 0. The molecule has 0 aliphatic heterocycles. The third kappa shape index (κ3) is 55.1. The second-order valence-corrected chi connectivity index (χ2v) is 1.57. The fraction of sp³-hybridized carbons (Fsp3) is 0. The van der Waals surface area contributed by atoms with Gasteiger partial charge in [0.2, 0.25) is 0 Å². The number of hydrogen-bond donors (Lipinski definition) is 0. The molecule has 0 nitrogen and oxygen atoms in total. The molecule has 0 N–H and O–H groups in total. The van der Waals surface area contributed by atoms with Crippen LogP contribution >= 0.6 is 9.90 Å². The predicted molar refractivity (Wildman–Crippen MR) is 15.8 cm³/mol. The van der Waals surface area contributed by atoms with E-state index in [1.54, 1.807) is 0 Å². The average molecular weight is 157 g/mol. The second-order valence-electron chi connectivity index (χ2n) is 0.303. The van der Waals surface area contributed by atoms with Crippen molar-refractivity contribution < 1.29 is 27.4 Å². The Balaban J connectivity index is 0. The molecule has 1 atom stereocenters. The minimum atomic E-state index is -5.12. The van der Waals surface area contributed by atoms with E-state index >= 15 is 0 Å². The normalized spacial score (nSPS) is 5.40. The molecule has 0 radical (unpaired) electrons. The smallest absolute Gasteiger partial charge is 0.0395 e. The Bertz CT molecular complexity index is 11.6. The molecule has 0 aromatic heterocycles. The van der Waals surface area contributed by atoms with Gasteiger partial charge in [-0.25, -0.2) is 0 Å². The van der Waals surface area contributed by atoms with Gasteiger partial charge in [0, 0.05) is 0 Å². The Morgan fingerprint density at radius 2 is 1.00 bits per heavy atom. The largest absolute Gasteiger partial charge is 0.0395 e. The fourth-order valence-electron chi connectivity index (χ4n) is 0. The maximum atomic E-state index is 9.88. The van der Waals surface area contributed by atoms with Crippen molar-refractivity contribution in [3.8, 4) is 0 Å². The Morgan fingerprint density at radius 1 is 1.00 bits per heavy atom. The predicted octanol–water partition coefficient (Wildman–Crippen LogP) is 1.05. The van der Waals surface area contributed by atoms with E-state index in [1.165, 1.54) is 0 Å². The molecule has 0 aromatic carbocycles. The molecule has 0 aliphatic carbocycles. The molecular weight excluding hydrogens is 153 g/mol. The van der Waals surface area contributed by atoms with Crippen LogP contribution in [-0.4, -0.2) is 0 Å². The van der Waals surface area contributed by atoms with E-state index in [9.17, 15) is 9.95 Å². The van der Waals surface area contributed by atoms with E-state index in [0.717, 1.165) is 0 Å². The third-order valence-electron chi connectivity index (χ3n) is 0. The van der Waals surface area contributed by atoms with Crippen LogP contribution in [0.5, 0.6) is 0 Å². The van der Waals surface area contributed by atoms with Gasteiger partial charge in [0.15, 0.2) is 0 Å². The second kappa shape index (κ2) is 4.84. The van der Waals surface area contributed by atoms with Crippen molar-refractivity contribution in [1.29, 1.82) is 0 Å². The first kappa shape index (κ1) is 9.28. The van der Waals surface area contributed by atoms with Crippen LogP contribution in [0, 0.1) is 0 Å². The Labute approximate surface area is 38.0 Å².